The third-order valence-electron chi connectivity index (χ3n) is 2.54. The zero-order valence-electron chi connectivity index (χ0n) is 12.2. The second-order valence-corrected chi connectivity index (χ2v) is 5.62. The molecule has 4 nitrogen and oxygen atoms in total. The molecule has 102 valence electrons. The minimum absolute atomic E-state index is 0.146. The average molecular weight is 245 g/mol. The quantitative estimate of drug-likeness (QED) is 0.727. The van der Waals surface area contributed by atoms with Gasteiger partial charge in [-0.15, -0.1) is 0 Å². The Kier molecular flexibility index (Phi) is 6.72. The highest BCUT2D eigenvalue weighted by Gasteiger charge is 2.27. The summed E-state index contributed by atoms with van der Waals surface area (Å²) in [5.74, 6) is 0.178. The van der Waals surface area contributed by atoms with Gasteiger partial charge in [0, 0.05) is 13.2 Å². The molecule has 0 aliphatic heterocycles. The minimum Gasteiger partial charge on any atom is -0.460 e. The molecule has 0 amide bonds. The first kappa shape index (κ1) is 16.4. The number of nitrogens with one attached hydrogen (secondary N) is 1. The van der Waals surface area contributed by atoms with Gasteiger partial charge < -0.3 is 14.8 Å². The largest absolute Gasteiger partial charge is 0.460 e. The SMILES string of the molecule is CNC(C(C)C)C(CC(=O)OC(C)(C)C)OC. The second-order valence-electron chi connectivity index (χ2n) is 5.62. The number of likely N-dealkylation sites (N-methyl/N-ethyl adjacent to an activating group) is 1. The lowest BCUT2D eigenvalue weighted by molar-refractivity contribution is -0.158. The summed E-state index contributed by atoms with van der Waals surface area (Å²) in [5.41, 5.74) is -0.442. The van der Waals surface area contributed by atoms with E-state index in [1.807, 2.05) is 27.8 Å². The maximum absolute atomic E-state index is 11.7. The summed E-state index contributed by atoms with van der Waals surface area (Å²) >= 11 is 0. The number of hydrogen-bond donors (Lipinski definition) is 1. The van der Waals surface area contributed by atoms with E-state index >= 15 is 0 Å². The van der Waals surface area contributed by atoms with Crippen LogP contribution in [0.1, 0.15) is 41.0 Å². The molecule has 0 saturated carbocycles. The molecule has 0 saturated heterocycles. The van der Waals surface area contributed by atoms with Crippen LogP contribution in [0.3, 0.4) is 0 Å². The van der Waals surface area contributed by atoms with Crippen LogP contribution in [0.2, 0.25) is 0 Å². The van der Waals surface area contributed by atoms with Crippen molar-refractivity contribution < 1.29 is 14.3 Å². The fourth-order valence-corrected chi connectivity index (χ4v) is 1.85. The number of rotatable bonds is 6. The lowest BCUT2D eigenvalue weighted by atomic mass is 9.96. The molecular weight excluding hydrogens is 218 g/mol. The van der Waals surface area contributed by atoms with Crippen molar-refractivity contribution in [3.8, 4) is 0 Å². The van der Waals surface area contributed by atoms with Crippen LogP contribution in [-0.2, 0) is 14.3 Å². The summed E-state index contributed by atoms with van der Waals surface area (Å²) in [4.78, 5) is 11.7. The minimum atomic E-state index is -0.442. The fourth-order valence-electron chi connectivity index (χ4n) is 1.85. The second kappa shape index (κ2) is 6.97. The van der Waals surface area contributed by atoms with Crippen molar-refractivity contribution >= 4 is 5.97 Å². The Morgan fingerprint density at radius 3 is 2.12 bits per heavy atom. The third kappa shape index (κ3) is 6.64. The van der Waals surface area contributed by atoms with E-state index in [0.717, 1.165) is 0 Å². The Morgan fingerprint density at radius 2 is 1.82 bits per heavy atom. The summed E-state index contributed by atoms with van der Waals surface area (Å²) in [6, 6.07) is 0.146. The molecule has 17 heavy (non-hydrogen) atoms. The Labute approximate surface area is 105 Å². The Balaban J connectivity index is 4.44. The zero-order valence-corrected chi connectivity index (χ0v) is 12.2. The number of methoxy groups -OCH3 is 1. The van der Waals surface area contributed by atoms with E-state index in [1.54, 1.807) is 7.11 Å². The van der Waals surface area contributed by atoms with Crippen molar-refractivity contribution in [2.75, 3.05) is 14.2 Å². The number of carbonyl (C=O) groups is 1. The van der Waals surface area contributed by atoms with E-state index in [9.17, 15) is 4.79 Å². The van der Waals surface area contributed by atoms with Gasteiger partial charge in [0.1, 0.15) is 5.60 Å². The van der Waals surface area contributed by atoms with Crippen LogP contribution in [-0.4, -0.2) is 37.9 Å². The van der Waals surface area contributed by atoms with E-state index in [2.05, 4.69) is 19.2 Å². The van der Waals surface area contributed by atoms with Crippen molar-refractivity contribution in [1.82, 2.24) is 5.32 Å². The predicted octanol–water partition coefficient (Wildman–Crippen LogP) is 1.98. The van der Waals surface area contributed by atoms with Gasteiger partial charge in [-0.05, 0) is 33.7 Å². The van der Waals surface area contributed by atoms with Crippen LogP contribution in [0.25, 0.3) is 0 Å². The van der Waals surface area contributed by atoms with Crippen molar-refractivity contribution in [2.45, 2.75) is 58.8 Å². The molecule has 4 heteroatoms. The first-order chi connectivity index (χ1) is 7.71. The standard InChI is InChI=1S/C13H27NO3/c1-9(2)12(14-6)10(16-7)8-11(15)17-13(3,4)5/h9-10,12,14H,8H2,1-7H3. The van der Waals surface area contributed by atoms with Crippen LogP contribution >= 0.6 is 0 Å². The van der Waals surface area contributed by atoms with Crippen molar-refractivity contribution in [1.29, 1.82) is 0 Å². The molecule has 2 atom stereocenters. The Bertz CT molecular complexity index is 233. The molecule has 1 N–H and O–H groups in total. The van der Waals surface area contributed by atoms with Crippen molar-refractivity contribution in [3.63, 3.8) is 0 Å². The predicted molar refractivity (Wildman–Crippen MR) is 68.9 cm³/mol. The average Bonchev–Trinajstić information content (AvgIpc) is 2.13. The molecule has 0 radical (unpaired) electrons. The number of ether oxygens (including phenoxy) is 2. The monoisotopic (exact) mass is 245 g/mol. The molecule has 0 aromatic rings. The molecule has 0 fully saturated rings. The van der Waals surface area contributed by atoms with Gasteiger partial charge in [-0.1, -0.05) is 13.8 Å². The highest BCUT2D eigenvalue weighted by molar-refractivity contribution is 5.70. The van der Waals surface area contributed by atoms with Gasteiger partial charge in [-0.2, -0.15) is 0 Å². The van der Waals surface area contributed by atoms with Gasteiger partial charge in [0.05, 0.1) is 12.5 Å². The number of esters is 1. The van der Waals surface area contributed by atoms with E-state index in [4.69, 9.17) is 9.47 Å². The Morgan fingerprint density at radius 1 is 1.29 bits per heavy atom. The summed E-state index contributed by atoms with van der Waals surface area (Å²) in [6.07, 6.45) is 0.118. The van der Waals surface area contributed by atoms with Gasteiger partial charge in [0.25, 0.3) is 0 Å². The van der Waals surface area contributed by atoms with Crippen LogP contribution in [0.4, 0.5) is 0 Å². The van der Waals surface area contributed by atoms with Gasteiger partial charge >= 0.3 is 5.97 Å². The highest BCUT2D eigenvalue weighted by atomic mass is 16.6. The smallest absolute Gasteiger partial charge is 0.309 e. The summed E-state index contributed by atoms with van der Waals surface area (Å²) < 4.78 is 10.7. The normalized spacial score (nSPS) is 15.8. The van der Waals surface area contributed by atoms with E-state index in [1.165, 1.54) is 0 Å². The number of carbonyl (C=O) groups excluding carboxylic acids is 1. The molecule has 0 spiro atoms. The van der Waals surface area contributed by atoms with Crippen LogP contribution < -0.4 is 5.32 Å². The van der Waals surface area contributed by atoms with E-state index < -0.39 is 5.60 Å². The molecule has 0 rings (SSSR count). The highest BCUT2D eigenvalue weighted by Crippen LogP contribution is 2.15. The van der Waals surface area contributed by atoms with E-state index in [0.29, 0.717) is 5.92 Å². The fraction of sp³-hybridized carbons (Fsp3) is 0.923. The van der Waals surface area contributed by atoms with Gasteiger partial charge in [-0.25, -0.2) is 0 Å². The lowest BCUT2D eigenvalue weighted by Crippen LogP contribution is -2.44. The zero-order chi connectivity index (χ0) is 13.6. The number of hydrogen-bond acceptors (Lipinski definition) is 4. The van der Waals surface area contributed by atoms with Crippen molar-refractivity contribution in [3.05, 3.63) is 0 Å². The molecule has 0 aromatic heterocycles. The molecule has 0 aliphatic carbocycles. The maximum atomic E-state index is 11.7. The van der Waals surface area contributed by atoms with Gasteiger partial charge in [0.2, 0.25) is 0 Å². The first-order valence-corrected chi connectivity index (χ1v) is 6.13. The Hall–Kier alpha value is -0.610. The van der Waals surface area contributed by atoms with Crippen molar-refractivity contribution in [2.24, 2.45) is 5.92 Å². The van der Waals surface area contributed by atoms with Crippen LogP contribution in [0.15, 0.2) is 0 Å². The van der Waals surface area contributed by atoms with Gasteiger partial charge in [-0.3, -0.25) is 4.79 Å². The summed E-state index contributed by atoms with van der Waals surface area (Å²) in [5, 5.41) is 3.19. The molecule has 2 unspecified atom stereocenters. The van der Waals surface area contributed by atoms with Gasteiger partial charge in [0.15, 0.2) is 0 Å². The summed E-state index contributed by atoms with van der Waals surface area (Å²) in [7, 11) is 3.51. The molecule has 0 aliphatic rings. The molecule has 0 heterocycles. The molecule has 0 bridgehead atoms. The van der Waals surface area contributed by atoms with Crippen LogP contribution in [0, 0.1) is 5.92 Å². The molecular formula is C13H27NO3. The summed E-state index contributed by atoms with van der Waals surface area (Å²) in [6.45, 7) is 9.80. The third-order valence-corrected chi connectivity index (χ3v) is 2.54. The van der Waals surface area contributed by atoms with E-state index in [-0.39, 0.29) is 24.5 Å². The van der Waals surface area contributed by atoms with Crippen LogP contribution in [0.5, 0.6) is 0 Å². The topological polar surface area (TPSA) is 47.6 Å². The lowest BCUT2D eigenvalue weighted by Gasteiger charge is -2.29. The maximum Gasteiger partial charge on any atom is 0.309 e. The molecule has 0 aromatic carbocycles. The first-order valence-electron chi connectivity index (χ1n) is 6.13.